The maximum atomic E-state index is 9.23. The first-order chi connectivity index (χ1) is 9.15. The van der Waals surface area contributed by atoms with Crippen molar-refractivity contribution < 1.29 is 4.74 Å². The fourth-order valence-electron chi connectivity index (χ4n) is 2.18. The van der Waals surface area contributed by atoms with E-state index in [1.165, 1.54) is 0 Å². The zero-order valence-electron chi connectivity index (χ0n) is 11.6. The molecule has 5 heteroatoms. The lowest BCUT2D eigenvalue weighted by Crippen LogP contribution is -2.40. The molecule has 1 fully saturated rings. The molecule has 0 N–H and O–H groups in total. The Labute approximate surface area is 118 Å². The molecule has 102 valence electrons. The number of methoxy groups -OCH3 is 1. The van der Waals surface area contributed by atoms with Gasteiger partial charge in [-0.2, -0.15) is 17.0 Å². The van der Waals surface area contributed by atoms with Crippen LogP contribution in [0.5, 0.6) is 5.88 Å². The van der Waals surface area contributed by atoms with Crippen LogP contribution in [0.15, 0.2) is 12.3 Å². The Bertz CT molecular complexity index is 484. The molecule has 4 nitrogen and oxygen atoms in total. The van der Waals surface area contributed by atoms with Crippen LogP contribution in [0.3, 0.4) is 0 Å². The summed E-state index contributed by atoms with van der Waals surface area (Å²) in [7, 11) is 1.60. The maximum absolute atomic E-state index is 9.23. The van der Waals surface area contributed by atoms with E-state index >= 15 is 0 Å². The highest BCUT2D eigenvalue weighted by atomic mass is 32.2. The molecule has 2 heterocycles. The van der Waals surface area contributed by atoms with E-state index in [0.29, 0.717) is 22.6 Å². The second kappa shape index (κ2) is 6.16. The number of hydrogen-bond acceptors (Lipinski definition) is 5. The Morgan fingerprint density at radius 2 is 2.37 bits per heavy atom. The van der Waals surface area contributed by atoms with Crippen LogP contribution in [-0.4, -0.2) is 36.2 Å². The molecule has 1 saturated heterocycles. The van der Waals surface area contributed by atoms with Crippen molar-refractivity contribution in [3.8, 4) is 11.9 Å². The van der Waals surface area contributed by atoms with Crippen molar-refractivity contribution in [2.24, 2.45) is 5.92 Å². The van der Waals surface area contributed by atoms with Gasteiger partial charge in [0.2, 0.25) is 5.88 Å². The highest BCUT2D eigenvalue weighted by molar-refractivity contribution is 8.00. The van der Waals surface area contributed by atoms with E-state index in [2.05, 4.69) is 29.8 Å². The SMILES string of the molecule is COc1cc(N2CCSC(C(C)C)C2)c(C#N)cn1. The molecule has 1 aromatic heterocycles. The zero-order chi connectivity index (χ0) is 13.8. The standard InChI is InChI=1S/C14H19N3OS/c1-10(2)13-9-17(4-5-19-13)12-6-14(18-3)16-8-11(12)7-15/h6,8,10,13H,4-5,9H2,1-3H3. The fourth-order valence-corrected chi connectivity index (χ4v) is 3.48. The van der Waals surface area contributed by atoms with E-state index in [1.54, 1.807) is 13.3 Å². The molecule has 0 aliphatic carbocycles. The first kappa shape index (κ1) is 14.0. The minimum atomic E-state index is 0.563. The molecule has 1 aliphatic rings. The third kappa shape index (κ3) is 3.13. The summed E-state index contributed by atoms with van der Waals surface area (Å²) in [5.41, 5.74) is 1.57. The predicted octanol–water partition coefficient (Wildman–Crippen LogP) is 2.54. The summed E-state index contributed by atoms with van der Waals surface area (Å²) in [4.78, 5) is 6.38. The van der Waals surface area contributed by atoms with E-state index in [-0.39, 0.29) is 0 Å². The van der Waals surface area contributed by atoms with Crippen molar-refractivity contribution in [3.63, 3.8) is 0 Å². The molecular weight excluding hydrogens is 258 g/mol. The van der Waals surface area contributed by atoms with Gasteiger partial charge in [-0.15, -0.1) is 0 Å². The van der Waals surface area contributed by atoms with Crippen LogP contribution in [0.25, 0.3) is 0 Å². The average molecular weight is 277 g/mol. The number of nitriles is 1. The van der Waals surface area contributed by atoms with Crippen molar-refractivity contribution in [3.05, 3.63) is 17.8 Å². The predicted molar refractivity (Wildman–Crippen MR) is 78.8 cm³/mol. The van der Waals surface area contributed by atoms with Gasteiger partial charge >= 0.3 is 0 Å². The van der Waals surface area contributed by atoms with Gasteiger partial charge in [0.1, 0.15) is 6.07 Å². The molecule has 2 rings (SSSR count). The Morgan fingerprint density at radius 3 is 3.00 bits per heavy atom. The minimum absolute atomic E-state index is 0.563. The quantitative estimate of drug-likeness (QED) is 0.849. The molecule has 0 bridgehead atoms. The van der Waals surface area contributed by atoms with Crippen molar-refractivity contribution in [2.45, 2.75) is 19.1 Å². The van der Waals surface area contributed by atoms with E-state index in [1.807, 2.05) is 17.8 Å². The minimum Gasteiger partial charge on any atom is -0.481 e. The topological polar surface area (TPSA) is 49.1 Å². The number of hydrogen-bond donors (Lipinski definition) is 0. The zero-order valence-corrected chi connectivity index (χ0v) is 12.4. The van der Waals surface area contributed by atoms with Crippen molar-refractivity contribution in [2.75, 3.05) is 30.9 Å². The lowest BCUT2D eigenvalue weighted by atomic mass is 10.1. The van der Waals surface area contributed by atoms with Crippen molar-refractivity contribution >= 4 is 17.4 Å². The van der Waals surface area contributed by atoms with E-state index in [4.69, 9.17) is 4.74 Å². The second-order valence-electron chi connectivity index (χ2n) is 4.95. The number of aromatic nitrogens is 1. The summed E-state index contributed by atoms with van der Waals surface area (Å²) in [6.45, 7) is 6.44. The Balaban J connectivity index is 2.27. The summed E-state index contributed by atoms with van der Waals surface area (Å²) in [5.74, 6) is 2.30. The fraction of sp³-hybridized carbons (Fsp3) is 0.571. The first-order valence-corrected chi connectivity index (χ1v) is 7.51. The third-order valence-corrected chi connectivity index (χ3v) is 4.90. The number of ether oxygens (including phenoxy) is 1. The summed E-state index contributed by atoms with van der Waals surface area (Å²) < 4.78 is 5.17. The van der Waals surface area contributed by atoms with Gasteiger partial charge in [0, 0.05) is 30.2 Å². The lowest BCUT2D eigenvalue weighted by Gasteiger charge is -2.36. The number of nitrogens with zero attached hydrogens (tertiary/aromatic N) is 3. The monoisotopic (exact) mass is 277 g/mol. The van der Waals surface area contributed by atoms with Gasteiger partial charge in [0.25, 0.3) is 0 Å². The summed E-state index contributed by atoms with van der Waals surface area (Å²) in [5, 5.41) is 9.84. The van der Waals surface area contributed by atoms with Gasteiger partial charge in [0.05, 0.1) is 24.6 Å². The maximum Gasteiger partial charge on any atom is 0.215 e. The molecule has 19 heavy (non-hydrogen) atoms. The van der Waals surface area contributed by atoms with Crippen LogP contribution in [-0.2, 0) is 0 Å². The number of anilines is 1. The molecule has 0 saturated carbocycles. The lowest BCUT2D eigenvalue weighted by molar-refractivity contribution is 0.397. The summed E-state index contributed by atoms with van der Waals surface area (Å²) in [6, 6.07) is 4.09. The van der Waals surface area contributed by atoms with E-state index in [9.17, 15) is 5.26 Å². The second-order valence-corrected chi connectivity index (χ2v) is 6.30. The summed E-state index contributed by atoms with van der Waals surface area (Å²) >= 11 is 2.02. The molecule has 1 aliphatic heterocycles. The molecule has 1 aromatic rings. The van der Waals surface area contributed by atoms with Gasteiger partial charge in [-0.3, -0.25) is 0 Å². The molecule has 0 amide bonds. The Kier molecular flexibility index (Phi) is 4.54. The molecule has 0 spiro atoms. The summed E-state index contributed by atoms with van der Waals surface area (Å²) in [6.07, 6.45) is 1.60. The van der Waals surface area contributed by atoms with E-state index < -0.39 is 0 Å². The highest BCUT2D eigenvalue weighted by Crippen LogP contribution is 2.31. The van der Waals surface area contributed by atoms with Gasteiger partial charge in [0.15, 0.2) is 0 Å². The van der Waals surface area contributed by atoms with Crippen LogP contribution in [0, 0.1) is 17.2 Å². The van der Waals surface area contributed by atoms with Gasteiger partial charge in [-0.1, -0.05) is 13.8 Å². The average Bonchev–Trinajstić information content (AvgIpc) is 2.46. The van der Waals surface area contributed by atoms with Crippen molar-refractivity contribution in [1.82, 2.24) is 4.98 Å². The van der Waals surface area contributed by atoms with Crippen molar-refractivity contribution in [1.29, 1.82) is 5.26 Å². The molecular formula is C14H19N3OS. The van der Waals surface area contributed by atoms with Crippen LogP contribution in [0.1, 0.15) is 19.4 Å². The van der Waals surface area contributed by atoms with Crippen LogP contribution in [0.4, 0.5) is 5.69 Å². The van der Waals surface area contributed by atoms with E-state index in [0.717, 1.165) is 24.5 Å². The van der Waals surface area contributed by atoms with Crippen LogP contribution >= 0.6 is 11.8 Å². The van der Waals surface area contributed by atoms with Gasteiger partial charge in [-0.05, 0) is 5.92 Å². The first-order valence-electron chi connectivity index (χ1n) is 6.46. The number of pyridine rings is 1. The third-order valence-electron chi connectivity index (χ3n) is 3.36. The molecule has 0 radical (unpaired) electrons. The van der Waals surface area contributed by atoms with Crippen LogP contribution < -0.4 is 9.64 Å². The van der Waals surface area contributed by atoms with Crippen LogP contribution in [0.2, 0.25) is 0 Å². The number of thioether (sulfide) groups is 1. The highest BCUT2D eigenvalue weighted by Gasteiger charge is 2.25. The molecule has 1 unspecified atom stereocenters. The normalized spacial score (nSPS) is 19.3. The smallest absolute Gasteiger partial charge is 0.215 e. The number of rotatable bonds is 3. The van der Waals surface area contributed by atoms with Gasteiger partial charge < -0.3 is 9.64 Å². The largest absolute Gasteiger partial charge is 0.481 e. The van der Waals surface area contributed by atoms with Gasteiger partial charge in [-0.25, -0.2) is 4.98 Å². The Morgan fingerprint density at radius 1 is 1.58 bits per heavy atom. The Hall–Kier alpha value is -1.41. The molecule has 1 atom stereocenters. The molecule has 0 aromatic carbocycles.